The van der Waals surface area contributed by atoms with Crippen LogP contribution in [0.3, 0.4) is 0 Å². The number of piperidine rings is 1. The van der Waals surface area contributed by atoms with E-state index in [1.165, 1.54) is 0 Å². The highest BCUT2D eigenvalue weighted by molar-refractivity contribution is 6.32. The molecule has 6 heteroatoms. The van der Waals surface area contributed by atoms with Crippen LogP contribution in [0.1, 0.15) is 12.8 Å². The molecule has 0 bridgehead atoms. The molecule has 88 valence electrons. The maximum absolute atomic E-state index is 9.44. The summed E-state index contributed by atoms with van der Waals surface area (Å²) in [6.45, 7) is 1.56. The summed E-state index contributed by atoms with van der Waals surface area (Å²) in [6, 6.07) is 0. The van der Waals surface area contributed by atoms with E-state index in [1.807, 2.05) is 0 Å². The summed E-state index contributed by atoms with van der Waals surface area (Å²) in [7, 11) is 1.77. The van der Waals surface area contributed by atoms with E-state index >= 15 is 0 Å². The van der Waals surface area contributed by atoms with Gasteiger partial charge in [0.2, 0.25) is 5.95 Å². The van der Waals surface area contributed by atoms with Crippen molar-refractivity contribution in [1.82, 2.24) is 9.97 Å². The molecule has 2 heterocycles. The van der Waals surface area contributed by atoms with Crippen molar-refractivity contribution in [3.8, 4) is 0 Å². The van der Waals surface area contributed by atoms with Crippen LogP contribution in [0.15, 0.2) is 6.20 Å². The zero-order valence-corrected chi connectivity index (χ0v) is 9.91. The number of aromatic nitrogens is 2. The smallest absolute Gasteiger partial charge is 0.224 e. The van der Waals surface area contributed by atoms with Gasteiger partial charge in [-0.05, 0) is 12.8 Å². The van der Waals surface area contributed by atoms with E-state index in [2.05, 4.69) is 20.2 Å². The molecule has 1 fully saturated rings. The van der Waals surface area contributed by atoms with Crippen LogP contribution < -0.4 is 10.2 Å². The monoisotopic (exact) mass is 242 g/mol. The largest absolute Gasteiger partial charge is 0.393 e. The number of rotatable bonds is 2. The Labute approximate surface area is 99.5 Å². The first-order valence-corrected chi connectivity index (χ1v) is 5.72. The van der Waals surface area contributed by atoms with E-state index in [0.717, 1.165) is 31.7 Å². The number of hydrogen-bond acceptors (Lipinski definition) is 5. The van der Waals surface area contributed by atoms with E-state index in [1.54, 1.807) is 13.2 Å². The van der Waals surface area contributed by atoms with Crippen molar-refractivity contribution in [2.45, 2.75) is 18.9 Å². The third kappa shape index (κ3) is 2.36. The van der Waals surface area contributed by atoms with Gasteiger partial charge >= 0.3 is 0 Å². The summed E-state index contributed by atoms with van der Waals surface area (Å²) in [5, 5.41) is 12.9. The van der Waals surface area contributed by atoms with Crippen LogP contribution in [0.5, 0.6) is 0 Å². The fourth-order valence-corrected chi connectivity index (χ4v) is 1.99. The van der Waals surface area contributed by atoms with Crippen LogP contribution in [0.2, 0.25) is 5.02 Å². The Bertz CT molecular complexity index is 366. The molecule has 0 unspecified atom stereocenters. The van der Waals surface area contributed by atoms with Crippen LogP contribution in [0.25, 0.3) is 0 Å². The second kappa shape index (κ2) is 4.84. The fraction of sp³-hybridized carbons (Fsp3) is 0.600. The molecule has 0 saturated carbocycles. The molecule has 1 aromatic rings. The van der Waals surface area contributed by atoms with Gasteiger partial charge in [0.05, 0.1) is 12.3 Å². The van der Waals surface area contributed by atoms with Gasteiger partial charge in [-0.25, -0.2) is 4.98 Å². The number of aliphatic hydroxyl groups is 1. The molecule has 0 aromatic carbocycles. The van der Waals surface area contributed by atoms with Crippen molar-refractivity contribution >= 4 is 23.4 Å². The van der Waals surface area contributed by atoms with Crippen molar-refractivity contribution in [2.75, 3.05) is 30.4 Å². The normalized spacial score (nSPS) is 17.6. The zero-order valence-electron chi connectivity index (χ0n) is 9.15. The van der Waals surface area contributed by atoms with E-state index in [9.17, 15) is 5.11 Å². The van der Waals surface area contributed by atoms with Gasteiger partial charge < -0.3 is 15.3 Å². The van der Waals surface area contributed by atoms with Crippen molar-refractivity contribution in [2.24, 2.45) is 0 Å². The molecule has 0 amide bonds. The summed E-state index contributed by atoms with van der Waals surface area (Å²) in [4.78, 5) is 10.4. The minimum Gasteiger partial charge on any atom is -0.393 e. The number of nitrogens with zero attached hydrogens (tertiary/aromatic N) is 3. The Morgan fingerprint density at radius 3 is 2.81 bits per heavy atom. The number of aliphatic hydroxyl groups excluding tert-OH is 1. The average molecular weight is 243 g/mol. The van der Waals surface area contributed by atoms with E-state index in [-0.39, 0.29) is 6.10 Å². The number of anilines is 2. The van der Waals surface area contributed by atoms with E-state index < -0.39 is 0 Å². The molecule has 1 aliphatic rings. The molecule has 2 rings (SSSR count). The minimum absolute atomic E-state index is 0.194. The maximum Gasteiger partial charge on any atom is 0.224 e. The third-order valence-corrected chi connectivity index (χ3v) is 2.98. The highest BCUT2D eigenvalue weighted by atomic mass is 35.5. The highest BCUT2D eigenvalue weighted by Gasteiger charge is 2.20. The second-order valence-electron chi connectivity index (χ2n) is 3.83. The maximum atomic E-state index is 9.44. The molecule has 16 heavy (non-hydrogen) atoms. The lowest BCUT2D eigenvalue weighted by molar-refractivity contribution is 0.145. The Morgan fingerprint density at radius 2 is 2.19 bits per heavy atom. The zero-order chi connectivity index (χ0) is 11.5. The third-order valence-electron chi connectivity index (χ3n) is 2.71. The van der Waals surface area contributed by atoms with Crippen LogP contribution in [-0.4, -0.2) is 41.3 Å². The number of halogens is 1. The standard InChI is InChI=1S/C10H15ClN4O/c1-12-10-13-6-8(11)9(14-10)15-4-2-7(16)3-5-15/h6-7,16H,2-5H2,1H3,(H,12,13,14). The van der Waals surface area contributed by atoms with Crippen LogP contribution in [-0.2, 0) is 0 Å². The van der Waals surface area contributed by atoms with Gasteiger partial charge in [0.25, 0.3) is 0 Å². The van der Waals surface area contributed by atoms with E-state index in [4.69, 9.17) is 11.6 Å². The molecule has 0 spiro atoms. The van der Waals surface area contributed by atoms with E-state index in [0.29, 0.717) is 11.0 Å². The lowest BCUT2D eigenvalue weighted by Crippen LogP contribution is -2.36. The molecular weight excluding hydrogens is 228 g/mol. The molecule has 5 nitrogen and oxygen atoms in total. The summed E-state index contributed by atoms with van der Waals surface area (Å²) in [5.41, 5.74) is 0. The topological polar surface area (TPSA) is 61.3 Å². The Morgan fingerprint density at radius 1 is 1.50 bits per heavy atom. The molecule has 0 radical (unpaired) electrons. The number of hydrogen-bond donors (Lipinski definition) is 2. The average Bonchev–Trinajstić information content (AvgIpc) is 2.31. The van der Waals surface area contributed by atoms with Crippen molar-refractivity contribution < 1.29 is 5.11 Å². The molecule has 0 atom stereocenters. The van der Waals surface area contributed by atoms with Gasteiger partial charge in [0.1, 0.15) is 5.02 Å². The Kier molecular flexibility index (Phi) is 3.46. The Hall–Kier alpha value is -1.07. The highest BCUT2D eigenvalue weighted by Crippen LogP contribution is 2.26. The predicted octanol–water partition coefficient (Wildman–Crippen LogP) is 1.13. The van der Waals surface area contributed by atoms with Gasteiger partial charge in [-0.3, -0.25) is 0 Å². The molecular formula is C10H15ClN4O. The van der Waals surface area contributed by atoms with Gasteiger partial charge in [0, 0.05) is 20.1 Å². The van der Waals surface area contributed by atoms with Crippen LogP contribution >= 0.6 is 11.6 Å². The van der Waals surface area contributed by atoms with Crippen LogP contribution in [0, 0.1) is 0 Å². The Balaban J connectivity index is 2.19. The summed E-state index contributed by atoms with van der Waals surface area (Å²) >= 11 is 6.07. The first-order chi connectivity index (χ1) is 7.70. The van der Waals surface area contributed by atoms with Crippen molar-refractivity contribution in [1.29, 1.82) is 0 Å². The first kappa shape index (κ1) is 11.4. The van der Waals surface area contributed by atoms with Gasteiger partial charge in [-0.1, -0.05) is 11.6 Å². The summed E-state index contributed by atoms with van der Waals surface area (Å²) in [6.07, 6.45) is 2.92. The quantitative estimate of drug-likeness (QED) is 0.814. The van der Waals surface area contributed by atoms with Gasteiger partial charge in [-0.15, -0.1) is 0 Å². The SMILES string of the molecule is CNc1ncc(Cl)c(N2CCC(O)CC2)n1. The molecule has 2 N–H and O–H groups in total. The number of nitrogens with one attached hydrogen (secondary N) is 1. The molecule has 1 aliphatic heterocycles. The van der Waals surface area contributed by atoms with Crippen molar-refractivity contribution in [3.63, 3.8) is 0 Å². The van der Waals surface area contributed by atoms with Gasteiger partial charge in [0.15, 0.2) is 5.82 Å². The minimum atomic E-state index is -0.194. The lowest BCUT2D eigenvalue weighted by atomic mass is 10.1. The summed E-state index contributed by atoms with van der Waals surface area (Å²) in [5.74, 6) is 1.30. The molecule has 1 saturated heterocycles. The fourth-order valence-electron chi connectivity index (χ4n) is 1.78. The second-order valence-corrected chi connectivity index (χ2v) is 4.24. The molecule has 0 aliphatic carbocycles. The summed E-state index contributed by atoms with van der Waals surface area (Å²) < 4.78 is 0. The van der Waals surface area contributed by atoms with Crippen molar-refractivity contribution in [3.05, 3.63) is 11.2 Å². The molecule has 1 aromatic heterocycles. The first-order valence-electron chi connectivity index (χ1n) is 5.34. The van der Waals surface area contributed by atoms with Crippen LogP contribution in [0.4, 0.5) is 11.8 Å². The lowest BCUT2D eigenvalue weighted by Gasteiger charge is -2.31. The van der Waals surface area contributed by atoms with Gasteiger partial charge in [-0.2, -0.15) is 4.98 Å². The predicted molar refractivity (Wildman–Crippen MR) is 64.0 cm³/mol.